The Labute approximate surface area is 141 Å². The number of nitrogens with zero attached hydrogens (tertiary/aromatic N) is 2. The molecule has 3 rings (SSSR count). The zero-order chi connectivity index (χ0) is 16.1. The number of carbonyl (C=O) groups is 1. The Morgan fingerprint density at radius 2 is 2.04 bits per heavy atom. The van der Waals surface area contributed by atoms with E-state index in [1.54, 1.807) is 12.4 Å². The van der Waals surface area contributed by atoms with E-state index in [0.717, 1.165) is 22.6 Å². The Hall–Kier alpha value is -1.91. The van der Waals surface area contributed by atoms with Crippen molar-refractivity contribution in [3.05, 3.63) is 64.9 Å². The Morgan fingerprint density at radius 3 is 2.83 bits per heavy atom. The number of pyridine rings is 1. The van der Waals surface area contributed by atoms with Crippen molar-refractivity contribution in [2.45, 2.75) is 18.9 Å². The van der Waals surface area contributed by atoms with Crippen LogP contribution >= 0.6 is 11.6 Å². The van der Waals surface area contributed by atoms with Crippen molar-refractivity contribution in [2.75, 3.05) is 19.7 Å². The molecule has 1 aromatic heterocycles. The molecule has 1 fully saturated rings. The lowest BCUT2D eigenvalue weighted by Gasteiger charge is -2.33. The topological polar surface area (TPSA) is 42.4 Å². The molecule has 120 valence electrons. The van der Waals surface area contributed by atoms with E-state index in [2.05, 4.69) is 4.98 Å². The van der Waals surface area contributed by atoms with Crippen molar-refractivity contribution in [1.29, 1.82) is 0 Å². The average Bonchev–Trinajstić information content (AvgIpc) is 2.58. The molecule has 1 atom stereocenters. The summed E-state index contributed by atoms with van der Waals surface area (Å²) in [5.41, 5.74) is 2.04. The van der Waals surface area contributed by atoms with E-state index >= 15 is 0 Å². The van der Waals surface area contributed by atoms with Crippen LogP contribution < -0.4 is 0 Å². The quantitative estimate of drug-likeness (QED) is 0.865. The molecule has 0 unspecified atom stereocenters. The van der Waals surface area contributed by atoms with Crippen LogP contribution in [-0.4, -0.2) is 41.6 Å². The Balaban J connectivity index is 1.59. The number of hydrogen-bond acceptors (Lipinski definition) is 3. The number of carbonyl (C=O) groups excluding carboxylic acids is 1. The van der Waals surface area contributed by atoms with Crippen LogP contribution in [-0.2, 0) is 22.4 Å². The van der Waals surface area contributed by atoms with Gasteiger partial charge in [-0.2, -0.15) is 0 Å². The summed E-state index contributed by atoms with van der Waals surface area (Å²) in [4.78, 5) is 18.3. The minimum Gasteiger partial charge on any atom is -0.374 e. The minimum atomic E-state index is -0.00922. The SMILES string of the molecule is O=C(Cc1ccncc1)N1CCO[C@H](Cc2ccccc2Cl)C1. The van der Waals surface area contributed by atoms with E-state index in [9.17, 15) is 4.79 Å². The van der Waals surface area contributed by atoms with E-state index in [1.807, 2.05) is 41.3 Å². The van der Waals surface area contributed by atoms with Gasteiger partial charge in [0.15, 0.2) is 0 Å². The van der Waals surface area contributed by atoms with Crippen LogP contribution in [0.5, 0.6) is 0 Å². The third-order valence-electron chi connectivity index (χ3n) is 4.00. The highest BCUT2D eigenvalue weighted by atomic mass is 35.5. The van der Waals surface area contributed by atoms with Crippen LogP contribution in [0, 0.1) is 0 Å². The molecule has 0 radical (unpaired) electrons. The van der Waals surface area contributed by atoms with Gasteiger partial charge < -0.3 is 9.64 Å². The molecule has 0 N–H and O–H groups in total. The average molecular weight is 331 g/mol. The van der Waals surface area contributed by atoms with Gasteiger partial charge in [0.1, 0.15) is 0 Å². The van der Waals surface area contributed by atoms with E-state index in [-0.39, 0.29) is 12.0 Å². The molecule has 2 aromatic rings. The predicted octanol–water partition coefficient (Wildman–Crippen LogP) is 2.75. The molecule has 5 heteroatoms. The van der Waals surface area contributed by atoms with Crippen molar-refractivity contribution < 1.29 is 9.53 Å². The largest absolute Gasteiger partial charge is 0.374 e. The summed E-state index contributed by atoms with van der Waals surface area (Å²) in [6.07, 6.45) is 4.54. The smallest absolute Gasteiger partial charge is 0.227 e. The number of amides is 1. The number of hydrogen-bond donors (Lipinski definition) is 0. The maximum atomic E-state index is 12.5. The van der Waals surface area contributed by atoms with Gasteiger partial charge in [0.05, 0.1) is 19.1 Å². The lowest BCUT2D eigenvalue weighted by atomic mass is 10.1. The summed E-state index contributed by atoms with van der Waals surface area (Å²) in [6, 6.07) is 11.5. The van der Waals surface area contributed by atoms with Gasteiger partial charge in [0.2, 0.25) is 5.91 Å². The van der Waals surface area contributed by atoms with Gasteiger partial charge in [-0.05, 0) is 29.3 Å². The number of rotatable bonds is 4. The predicted molar refractivity (Wildman–Crippen MR) is 89.4 cm³/mol. The standard InChI is InChI=1S/C18H19ClN2O2/c19-17-4-2-1-3-15(17)12-16-13-21(9-10-23-16)18(22)11-14-5-7-20-8-6-14/h1-8,16H,9-13H2/t16-/m1/s1. The second-order valence-corrected chi connectivity index (χ2v) is 6.07. The molecule has 1 aliphatic heterocycles. The zero-order valence-corrected chi connectivity index (χ0v) is 13.6. The zero-order valence-electron chi connectivity index (χ0n) is 12.8. The number of aromatic nitrogens is 1. The molecule has 0 saturated carbocycles. The summed E-state index contributed by atoms with van der Waals surface area (Å²) in [5, 5.41) is 0.747. The lowest BCUT2D eigenvalue weighted by Crippen LogP contribution is -2.46. The Morgan fingerprint density at radius 1 is 1.26 bits per heavy atom. The molecule has 1 aliphatic rings. The first-order valence-electron chi connectivity index (χ1n) is 7.74. The van der Waals surface area contributed by atoms with Crippen molar-refractivity contribution >= 4 is 17.5 Å². The first kappa shape index (κ1) is 16.0. The third kappa shape index (κ3) is 4.30. The minimum absolute atomic E-state index is 0.00922. The molecule has 0 aliphatic carbocycles. The van der Waals surface area contributed by atoms with Crippen LogP contribution in [0.25, 0.3) is 0 Å². The number of halogens is 1. The Bertz CT molecular complexity index is 663. The maximum absolute atomic E-state index is 12.5. The van der Waals surface area contributed by atoms with Gasteiger partial charge in [0.25, 0.3) is 0 Å². The van der Waals surface area contributed by atoms with Gasteiger partial charge in [-0.3, -0.25) is 9.78 Å². The van der Waals surface area contributed by atoms with Crippen LogP contribution in [0.15, 0.2) is 48.8 Å². The molecule has 0 spiro atoms. The number of benzene rings is 1. The molecule has 23 heavy (non-hydrogen) atoms. The van der Waals surface area contributed by atoms with Crippen molar-refractivity contribution in [1.82, 2.24) is 9.88 Å². The van der Waals surface area contributed by atoms with Crippen molar-refractivity contribution in [2.24, 2.45) is 0 Å². The highest BCUT2D eigenvalue weighted by Gasteiger charge is 2.24. The molecule has 0 bridgehead atoms. The first-order valence-corrected chi connectivity index (χ1v) is 8.12. The molecule has 1 amide bonds. The van der Waals surface area contributed by atoms with Crippen LogP contribution in [0.1, 0.15) is 11.1 Å². The van der Waals surface area contributed by atoms with E-state index in [0.29, 0.717) is 26.1 Å². The van der Waals surface area contributed by atoms with E-state index in [1.165, 1.54) is 0 Å². The maximum Gasteiger partial charge on any atom is 0.227 e. The fourth-order valence-corrected chi connectivity index (χ4v) is 2.98. The second kappa shape index (κ2) is 7.57. The van der Waals surface area contributed by atoms with E-state index < -0.39 is 0 Å². The number of ether oxygens (including phenoxy) is 1. The first-order chi connectivity index (χ1) is 11.2. The molecule has 4 nitrogen and oxygen atoms in total. The molecule has 1 aromatic carbocycles. The lowest BCUT2D eigenvalue weighted by molar-refractivity contribution is -0.138. The molecular formula is C18H19ClN2O2. The molecule has 2 heterocycles. The van der Waals surface area contributed by atoms with Crippen molar-refractivity contribution in [3.8, 4) is 0 Å². The highest BCUT2D eigenvalue weighted by molar-refractivity contribution is 6.31. The highest BCUT2D eigenvalue weighted by Crippen LogP contribution is 2.19. The fourth-order valence-electron chi connectivity index (χ4n) is 2.77. The summed E-state index contributed by atoms with van der Waals surface area (Å²) in [7, 11) is 0. The molecular weight excluding hydrogens is 312 g/mol. The monoisotopic (exact) mass is 330 g/mol. The van der Waals surface area contributed by atoms with Gasteiger partial charge in [-0.1, -0.05) is 29.8 Å². The molecule has 1 saturated heterocycles. The van der Waals surface area contributed by atoms with Crippen molar-refractivity contribution in [3.63, 3.8) is 0 Å². The Kier molecular flexibility index (Phi) is 5.26. The summed E-state index contributed by atoms with van der Waals surface area (Å²) in [6.45, 7) is 1.81. The van der Waals surface area contributed by atoms with Gasteiger partial charge in [-0.15, -0.1) is 0 Å². The fraction of sp³-hybridized carbons (Fsp3) is 0.333. The van der Waals surface area contributed by atoms with E-state index in [4.69, 9.17) is 16.3 Å². The number of morpholine rings is 1. The third-order valence-corrected chi connectivity index (χ3v) is 4.37. The van der Waals surface area contributed by atoms with Gasteiger partial charge in [0, 0.05) is 36.9 Å². The van der Waals surface area contributed by atoms with Gasteiger partial charge >= 0.3 is 0 Å². The van der Waals surface area contributed by atoms with Gasteiger partial charge in [-0.25, -0.2) is 0 Å². The van der Waals surface area contributed by atoms with Crippen LogP contribution in [0.3, 0.4) is 0 Å². The summed E-state index contributed by atoms with van der Waals surface area (Å²) in [5.74, 6) is 0.128. The second-order valence-electron chi connectivity index (χ2n) is 5.66. The van der Waals surface area contributed by atoms with Crippen LogP contribution in [0.4, 0.5) is 0 Å². The normalized spacial score (nSPS) is 18.0. The summed E-state index contributed by atoms with van der Waals surface area (Å²) < 4.78 is 5.80. The summed E-state index contributed by atoms with van der Waals surface area (Å²) >= 11 is 6.21. The van der Waals surface area contributed by atoms with Crippen LogP contribution in [0.2, 0.25) is 5.02 Å².